The van der Waals surface area contributed by atoms with Gasteiger partial charge in [-0.3, -0.25) is 4.79 Å². The number of halogens is 4. The molecule has 1 heterocycles. The second kappa shape index (κ2) is 5.40. The molecule has 110 valence electrons. The fourth-order valence-electron chi connectivity index (χ4n) is 2.28. The summed E-state index contributed by atoms with van der Waals surface area (Å²) < 4.78 is 51.7. The Kier molecular flexibility index (Phi) is 3.99. The zero-order valence-corrected chi connectivity index (χ0v) is 10.6. The molecule has 20 heavy (non-hydrogen) atoms. The van der Waals surface area contributed by atoms with Gasteiger partial charge < -0.3 is 10.6 Å². The summed E-state index contributed by atoms with van der Waals surface area (Å²) in [6, 6.07) is 2.49. The van der Waals surface area contributed by atoms with Gasteiger partial charge in [0.1, 0.15) is 5.82 Å². The number of likely N-dealkylation sites (tertiary alicyclic amines) is 1. The van der Waals surface area contributed by atoms with Gasteiger partial charge in [-0.05, 0) is 25.0 Å². The van der Waals surface area contributed by atoms with Crippen LogP contribution in [0.3, 0.4) is 0 Å². The molecule has 2 N–H and O–H groups in total. The Morgan fingerprint density at radius 2 is 2.05 bits per heavy atom. The lowest BCUT2D eigenvalue weighted by molar-refractivity contribution is -0.140. The molecule has 1 aromatic rings. The Bertz CT molecular complexity index is 516. The summed E-state index contributed by atoms with van der Waals surface area (Å²) in [5, 5.41) is 0. The Balaban J connectivity index is 2.31. The Hall–Kier alpha value is -1.63. The van der Waals surface area contributed by atoms with Crippen molar-refractivity contribution in [2.24, 2.45) is 5.73 Å². The second-order valence-corrected chi connectivity index (χ2v) is 4.82. The molecule has 2 rings (SSSR count). The minimum absolute atomic E-state index is 0.221. The van der Waals surface area contributed by atoms with E-state index < -0.39 is 29.0 Å². The maximum atomic E-state index is 13.9. The molecular formula is C13H14F4N2O. The third kappa shape index (κ3) is 2.92. The average Bonchev–Trinajstić information content (AvgIpc) is 2.37. The second-order valence-electron chi connectivity index (χ2n) is 4.82. The number of amides is 1. The monoisotopic (exact) mass is 290 g/mol. The molecule has 1 amide bonds. The number of nitrogens with zero attached hydrogens (tertiary/aromatic N) is 1. The molecule has 0 aliphatic carbocycles. The van der Waals surface area contributed by atoms with Gasteiger partial charge in [-0.1, -0.05) is 6.07 Å². The van der Waals surface area contributed by atoms with E-state index in [4.69, 9.17) is 5.73 Å². The SMILES string of the molecule is N[C@@H]1CCCN(C(=O)c2cccc(C(F)(F)F)c2F)C1. The molecule has 0 aromatic heterocycles. The number of nitrogens with two attached hydrogens (primary N) is 1. The number of carbonyl (C=O) groups is 1. The fourth-order valence-corrected chi connectivity index (χ4v) is 2.28. The zero-order valence-electron chi connectivity index (χ0n) is 10.6. The summed E-state index contributed by atoms with van der Waals surface area (Å²) in [5.41, 5.74) is 3.72. The number of carbonyl (C=O) groups excluding carboxylic acids is 1. The first-order chi connectivity index (χ1) is 9.30. The van der Waals surface area contributed by atoms with Crippen molar-refractivity contribution in [2.45, 2.75) is 25.1 Å². The van der Waals surface area contributed by atoms with Crippen molar-refractivity contribution in [1.82, 2.24) is 4.90 Å². The summed E-state index contributed by atoms with van der Waals surface area (Å²) in [6.45, 7) is 0.608. The van der Waals surface area contributed by atoms with Crippen molar-refractivity contribution in [3.63, 3.8) is 0 Å². The van der Waals surface area contributed by atoms with Crippen LogP contribution in [0, 0.1) is 5.82 Å². The van der Waals surface area contributed by atoms with Crippen molar-refractivity contribution >= 4 is 5.91 Å². The molecule has 1 atom stereocenters. The van der Waals surface area contributed by atoms with Gasteiger partial charge in [0.05, 0.1) is 11.1 Å². The summed E-state index contributed by atoms with van der Waals surface area (Å²) in [6.07, 6.45) is -3.42. The van der Waals surface area contributed by atoms with Crippen LogP contribution in [0.2, 0.25) is 0 Å². The highest BCUT2D eigenvalue weighted by Crippen LogP contribution is 2.32. The first kappa shape index (κ1) is 14.8. The predicted molar refractivity (Wildman–Crippen MR) is 64.5 cm³/mol. The van der Waals surface area contributed by atoms with Crippen LogP contribution in [0.5, 0.6) is 0 Å². The number of hydrogen-bond donors (Lipinski definition) is 1. The van der Waals surface area contributed by atoms with E-state index >= 15 is 0 Å². The van der Waals surface area contributed by atoms with E-state index in [9.17, 15) is 22.4 Å². The lowest BCUT2D eigenvalue weighted by Gasteiger charge is -2.31. The molecule has 1 fully saturated rings. The highest BCUT2D eigenvalue weighted by molar-refractivity contribution is 5.94. The van der Waals surface area contributed by atoms with Crippen LogP contribution in [-0.4, -0.2) is 29.9 Å². The topological polar surface area (TPSA) is 46.3 Å². The number of rotatable bonds is 1. The van der Waals surface area contributed by atoms with E-state index in [-0.39, 0.29) is 12.6 Å². The first-order valence-electron chi connectivity index (χ1n) is 6.21. The van der Waals surface area contributed by atoms with Gasteiger partial charge in [0.25, 0.3) is 5.91 Å². The normalized spacial score (nSPS) is 20.1. The van der Waals surface area contributed by atoms with Crippen molar-refractivity contribution in [1.29, 1.82) is 0 Å². The van der Waals surface area contributed by atoms with Crippen molar-refractivity contribution in [3.05, 3.63) is 35.1 Å². The third-order valence-corrected chi connectivity index (χ3v) is 3.28. The number of hydrogen-bond acceptors (Lipinski definition) is 2. The molecule has 7 heteroatoms. The molecule has 1 aliphatic rings. The quantitative estimate of drug-likeness (QED) is 0.807. The third-order valence-electron chi connectivity index (χ3n) is 3.28. The van der Waals surface area contributed by atoms with Crippen molar-refractivity contribution in [2.75, 3.05) is 13.1 Å². The van der Waals surface area contributed by atoms with E-state index in [0.29, 0.717) is 19.0 Å². The molecule has 1 saturated heterocycles. The molecule has 1 aromatic carbocycles. The number of benzene rings is 1. The van der Waals surface area contributed by atoms with Crippen LogP contribution in [0.15, 0.2) is 18.2 Å². The standard InChI is InChI=1S/C13H14F4N2O/c14-11-9(4-1-5-10(11)13(15,16)17)12(20)19-6-2-3-8(18)7-19/h1,4-5,8H,2-3,6-7,18H2/t8-/m1/s1. The largest absolute Gasteiger partial charge is 0.419 e. The molecule has 1 aliphatic heterocycles. The predicted octanol–water partition coefficient (Wildman–Crippen LogP) is 2.41. The summed E-state index contributed by atoms with van der Waals surface area (Å²) >= 11 is 0. The van der Waals surface area contributed by atoms with E-state index in [1.807, 2.05) is 0 Å². The van der Waals surface area contributed by atoms with Gasteiger partial charge in [-0.25, -0.2) is 4.39 Å². The molecule has 3 nitrogen and oxygen atoms in total. The fraction of sp³-hybridized carbons (Fsp3) is 0.462. The van der Waals surface area contributed by atoms with E-state index in [0.717, 1.165) is 18.6 Å². The van der Waals surface area contributed by atoms with Crippen LogP contribution in [0.4, 0.5) is 17.6 Å². The maximum Gasteiger partial charge on any atom is 0.419 e. The van der Waals surface area contributed by atoms with Crippen LogP contribution >= 0.6 is 0 Å². The number of piperidine rings is 1. The van der Waals surface area contributed by atoms with E-state index in [2.05, 4.69) is 0 Å². The van der Waals surface area contributed by atoms with Gasteiger partial charge in [-0.2, -0.15) is 13.2 Å². The Morgan fingerprint density at radius 1 is 1.35 bits per heavy atom. The van der Waals surface area contributed by atoms with Gasteiger partial charge >= 0.3 is 6.18 Å². The van der Waals surface area contributed by atoms with Crippen LogP contribution < -0.4 is 5.73 Å². The zero-order chi connectivity index (χ0) is 14.9. The van der Waals surface area contributed by atoms with Gasteiger partial charge in [0.15, 0.2) is 0 Å². The minimum atomic E-state index is -4.82. The Labute approximate surface area is 113 Å². The van der Waals surface area contributed by atoms with Crippen LogP contribution in [-0.2, 0) is 6.18 Å². The maximum absolute atomic E-state index is 13.9. The molecule has 0 radical (unpaired) electrons. The lowest BCUT2D eigenvalue weighted by atomic mass is 10.0. The molecule has 0 bridgehead atoms. The average molecular weight is 290 g/mol. The summed E-state index contributed by atoms with van der Waals surface area (Å²) in [4.78, 5) is 13.4. The molecular weight excluding hydrogens is 276 g/mol. The van der Waals surface area contributed by atoms with E-state index in [1.54, 1.807) is 0 Å². The number of alkyl halides is 3. The van der Waals surface area contributed by atoms with Crippen molar-refractivity contribution in [3.8, 4) is 0 Å². The van der Waals surface area contributed by atoms with Gasteiger partial charge in [-0.15, -0.1) is 0 Å². The van der Waals surface area contributed by atoms with Gasteiger partial charge in [0, 0.05) is 19.1 Å². The summed E-state index contributed by atoms with van der Waals surface area (Å²) in [5.74, 6) is -2.27. The van der Waals surface area contributed by atoms with Crippen molar-refractivity contribution < 1.29 is 22.4 Å². The highest BCUT2D eigenvalue weighted by Gasteiger charge is 2.36. The molecule has 0 spiro atoms. The van der Waals surface area contributed by atoms with Crippen LogP contribution in [0.1, 0.15) is 28.8 Å². The van der Waals surface area contributed by atoms with Crippen LogP contribution in [0.25, 0.3) is 0 Å². The highest BCUT2D eigenvalue weighted by atomic mass is 19.4. The minimum Gasteiger partial charge on any atom is -0.337 e. The van der Waals surface area contributed by atoms with E-state index in [1.165, 1.54) is 4.90 Å². The van der Waals surface area contributed by atoms with Gasteiger partial charge in [0.2, 0.25) is 0 Å². The smallest absolute Gasteiger partial charge is 0.337 e. The summed E-state index contributed by atoms with van der Waals surface area (Å²) in [7, 11) is 0. The molecule has 0 unspecified atom stereocenters. The first-order valence-corrected chi connectivity index (χ1v) is 6.21. The lowest BCUT2D eigenvalue weighted by Crippen LogP contribution is -2.46. The molecule has 0 saturated carbocycles. The Morgan fingerprint density at radius 3 is 2.65 bits per heavy atom.